The zero-order chi connectivity index (χ0) is 17.5. The number of hydrogen-bond acceptors (Lipinski definition) is 1. The molecular weight excluding hydrogens is 302 g/mol. The Morgan fingerprint density at radius 3 is 1.72 bits per heavy atom. The third-order valence-electron chi connectivity index (χ3n) is 4.44. The number of hydrogen-bond donors (Lipinski definition) is 0. The Balaban J connectivity index is 1.78. The third kappa shape index (κ3) is 4.91. The fourth-order valence-electron chi connectivity index (χ4n) is 3.18. The highest BCUT2D eigenvalue weighted by molar-refractivity contribution is 5.67. The van der Waals surface area contributed by atoms with Crippen LogP contribution in [0.15, 0.2) is 91.5 Å². The Labute approximate surface area is 151 Å². The highest BCUT2D eigenvalue weighted by Crippen LogP contribution is 2.20. The average Bonchev–Trinajstić information content (AvgIpc) is 2.63. The number of benzene rings is 3. The standard InChI is InChI=1S/C24H25N/c1-20-11-9-10-16-24(20)21(2)17-25(18-22-12-5-3-6-13-22)19-23-14-7-4-8-15-23/h3-16H,2,17-19H2,1H3. The van der Waals surface area contributed by atoms with Crippen molar-refractivity contribution in [3.63, 3.8) is 0 Å². The quantitative estimate of drug-likeness (QED) is 0.537. The van der Waals surface area contributed by atoms with E-state index in [1.165, 1.54) is 27.8 Å². The summed E-state index contributed by atoms with van der Waals surface area (Å²) in [4.78, 5) is 2.46. The minimum absolute atomic E-state index is 0.856. The van der Waals surface area contributed by atoms with Crippen LogP contribution in [0.25, 0.3) is 5.57 Å². The maximum Gasteiger partial charge on any atom is 0.0240 e. The zero-order valence-corrected chi connectivity index (χ0v) is 14.9. The molecule has 0 spiro atoms. The average molecular weight is 327 g/mol. The molecular formula is C24H25N. The van der Waals surface area contributed by atoms with Gasteiger partial charge in [0.1, 0.15) is 0 Å². The van der Waals surface area contributed by atoms with Gasteiger partial charge in [-0.05, 0) is 34.8 Å². The minimum Gasteiger partial charge on any atom is -0.291 e. The predicted molar refractivity (Wildman–Crippen MR) is 107 cm³/mol. The fraction of sp³-hybridized carbons (Fsp3) is 0.167. The van der Waals surface area contributed by atoms with Gasteiger partial charge in [0.05, 0.1) is 0 Å². The molecule has 3 aromatic carbocycles. The van der Waals surface area contributed by atoms with Gasteiger partial charge in [-0.2, -0.15) is 0 Å². The van der Waals surface area contributed by atoms with E-state index in [1.54, 1.807) is 0 Å². The van der Waals surface area contributed by atoms with Gasteiger partial charge in [0, 0.05) is 19.6 Å². The smallest absolute Gasteiger partial charge is 0.0240 e. The molecule has 25 heavy (non-hydrogen) atoms. The first-order valence-corrected chi connectivity index (χ1v) is 8.76. The highest BCUT2D eigenvalue weighted by Gasteiger charge is 2.11. The maximum atomic E-state index is 4.37. The van der Waals surface area contributed by atoms with Gasteiger partial charge in [-0.25, -0.2) is 0 Å². The van der Waals surface area contributed by atoms with E-state index in [0.29, 0.717) is 0 Å². The molecule has 0 bridgehead atoms. The summed E-state index contributed by atoms with van der Waals surface area (Å²) in [5, 5.41) is 0. The van der Waals surface area contributed by atoms with E-state index < -0.39 is 0 Å². The number of rotatable bonds is 7. The Kier molecular flexibility index (Phi) is 5.81. The van der Waals surface area contributed by atoms with E-state index in [9.17, 15) is 0 Å². The molecule has 1 heteroatoms. The monoisotopic (exact) mass is 327 g/mol. The Morgan fingerprint density at radius 2 is 1.20 bits per heavy atom. The molecule has 0 N–H and O–H groups in total. The van der Waals surface area contributed by atoms with Crippen molar-refractivity contribution in [1.29, 1.82) is 0 Å². The number of nitrogens with zero attached hydrogens (tertiary/aromatic N) is 1. The van der Waals surface area contributed by atoms with Crippen LogP contribution >= 0.6 is 0 Å². The van der Waals surface area contributed by atoms with Gasteiger partial charge in [0.2, 0.25) is 0 Å². The summed E-state index contributed by atoms with van der Waals surface area (Å²) >= 11 is 0. The first-order chi connectivity index (χ1) is 12.2. The van der Waals surface area contributed by atoms with Crippen molar-refractivity contribution < 1.29 is 0 Å². The lowest BCUT2D eigenvalue weighted by atomic mass is 10.0. The van der Waals surface area contributed by atoms with Gasteiger partial charge < -0.3 is 0 Å². The minimum atomic E-state index is 0.856. The van der Waals surface area contributed by atoms with Crippen LogP contribution in [-0.4, -0.2) is 11.4 Å². The topological polar surface area (TPSA) is 3.24 Å². The summed E-state index contributed by atoms with van der Waals surface area (Å²) in [5.74, 6) is 0. The molecule has 0 fully saturated rings. The first-order valence-electron chi connectivity index (χ1n) is 8.76. The molecule has 0 aliphatic carbocycles. The Morgan fingerprint density at radius 1 is 0.720 bits per heavy atom. The van der Waals surface area contributed by atoms with E-state index in [-0.39, 0.29) is 0 Å². The van der Waals surface area contributed by atoms with Crippen LogP contribution in [0.4, 0.5) is 0 Å². The van der Waals surface area contributed by atoms with Crippen molar-refractivity contribution in [2.75, 3.05) is 6.54 Å². The molecule has 0 amide bonds. The molecule has 0 saturated carbocycles. The van der Waals surface area contributed by atoms with Crippen molar-refractivity contribution in [2.45, 2.75) is 20.0 Å². The van der Waals surface area contributed by atoms with E-state index in [0.717, 1.165) is 19.6 Å². The molecule has 3 rings (SSSR count). The molecule has 1 nitrogen and oxygen atoms in total. The van der Waals surface area contributed by atoms with Gasteiger partial charge in [-0.15, -0.1) is 0 Å². The molecule has 126 valence electrons. The second-order valence-corrected chi connectivity index (χ2v) is 6.53. The van der Waals surface area contributed by atoms with Crippen LogP contribution in [0.5, 0.6) is 0 Å². The van der Waals surface area contributed by atoms with Gasteiger partial charge in [0.25, 0.3) is 0 Å². The van der Waals surface area contributed by atoms with E-state index in [2.05, 4.69) is 103 Å². The van der Waals surface area contributed by atoms with Crippen LogP contribution in [-0.2, 0) is 13.1 Å². The fourth-order valence-corrected chi connectivity index (χ4v) is 3.18. The van der Waals surface area contributed by atoms with E-state index >= 15 is 0 Å². The summed E-state index contributed by atoms with van der Waals surface area (Å²) in [5.41, 5.74) is 6.37. The van der Waals surface area contributed by atoms with Crippen LogP contribution in [0.3, 0.4) is 0 Å². The lowest BCUT2D eigenvalue weighted by Gasteiger charge is -2.24. The van der Waals surface area contributed by atoms with Gasteiger partial charge in [-0.3, -0.25) is 4.90 Å². The zero-order valence-electron chi connectivity index (χ0n) is 14.9. The summed E-state index contributed by atoms with van der Waals surface area (Å²) in [6.45, 7) is 9.21. The lowest BCUT2D eigenvalue weighted by molar-refractivity contribution is 0.290. The first kappa shape index (κ1) is 17.2. The SMILES string of the molecule is C=C(CN(Cc1ccccc1)Cc1ccccc1)c1ccccc1C. The van der Waals surface area contributed by atoms with Gasteiger partial charge in [0.15, 0.2) is 0 Å². The molecule has 0 aromatic heterocycles. The molecule has 0 saturated heterocycles. The second-order valence-electron chi connectivity index (χ2n) is 6.53. The summed E-state index contributed by atoms with van der Waals surface area (Å²) < 4.78 is 0. The lowest BCUT2D eigenvalue weighted by Crippen LogP contribution is -2.24. The Hall–Kier alpha value is -2.64. The van der Waals surface area contributed by atoms with Crippen molar-refractivity contribution in [2.24, 2.45) is 0 Å². The van der Waals surface area contributed by atoms with E-state index in [1.807, 2.05) is 0 Å². The summed E-state index contributed by atoms with van der Waals surface area (Å²) in [6.07, 6.45) is 0. The summed E-state index contributed by atoms with van der Waals surface area (Å²) in [7, 11) is 0. The van der Waals surface area contributed by atoms with Gasteiger partial charge >= 0.3 is 0 Å². The third-order valence-corrected chi connectivity index (χ3v) is 4.44. The predicted octanol–water partition coefficient (Wildman–Crippen LogP) is 5.71. The van der Waals surface area contributed by atoms with Crippen molar-refractivity contribution in [3.8, 4) is 0 Å². The van der Waals surface area contributed by atoms with Crippen molar-refractivity contribution in [1.82, 2.24) is 4.90 Å². The van der Waals surface area contributed by atoms with Crippen LogP contribution in [0, 0.1) is 6.92 Å². The summed E-state index contributed by atoms with van der Waals surface area (Å²) in [6, 6.07) is 29.8. The van der Waals surface area contributed by atoms with Crippen LogP contribution in [0.2, 0.25) is 0 Å². The van der Waals surface area contributed by atoms with E-state index in [4.69, 9.17) is 0 Å². The largest absolute Gasteiger partial charge is 0.291 e. The second kappa shape index (κ2) is 8.46. The van der Waals surface area contributed by atoms with Crippen molar-refractivity contribution >= 4 is 5.57 Å². The molecule has 0 unspecified atom stereocenters. The Bertz CT molecular complexity index is 764. The molecule has 0 heterocycles. The van der Waals surface area contributed by atoms with Gasteiger partial charge in [-0.1, -0.05) is 91.5 Å². The normalized spacial score (nSPS) is 10.8. The molecule has 3 aromatic rings. The molecule has 0 aliphatic heterocycles. The van der Waals surface area contributed by atoms with Crippen LogP contribution < -0.4 is 0 Å². The highest BCUT2D eigenvalue weighted by atomic mass is 15.1. The molecule has 0 aliphatic rings. The van der Waals surface area contributed by atoms with Crippen LogP contribution in [0.1, 0.15) is 22.3 Å². The molecule has 0 radical (unpaired) electrons. The number of aryl methyl sites for hydroxylation is 1. The molecule has 0 atom stereocenters. The maximum absolute atomic E-state index is 4.37. The van der Waals surface area contributed by atoms with Crippen molar-refractivity contribution in [3.05, 3.63) is 114 Å².